The molecule has 0 fully saturated rings. The van der Waals surface area contributed by atoms with Gasteiger partial charge in [0.05, 0.1) is 5.84 Å². The van der Waals surface area contributed by atoms with Gasteiger partial charge in [-0.05, 0) is 25.5 Å². The van der Waals surface area contributed by atoms with Gasteiger partial charge in [0.2, 0.25) is 0 Å². The summed E-state index contributed by atoms with van der Waals surface area (Å²) < 4.78 is 0. The summed E-state index contributed by atoms with van der Waals surface area (Å²) >= 11 is 1.76. The van der Waals surface area contributed by atoms with Crippen LogP contribution in [0.2, 0.25) is 0 Å². The van der Waals surface area contributed by atoms with E-state index in [0.717, 1.165) is 5.75 Å². The van der Waals surface area contributed by atoms with Gasteiger partial charge in [0.25, 0.3) is 0 Å². The van der Waals surface area contributed by atoms with Crippen molar-refractivity contribution in [2.45, 2.75) is 25.2 Å². The zero-order valence-electron chi connectivity index (χ0n) is 8.63. The van der Waals surface area contributed by atoms with Crippen molar-refractivity contribution in [3.05, 3.63) is 29.3 Å². The second kappa shape index (κ2) is 5.05. The Labute approximate surface area is 89.4 Å². The Kier molecular flexibility index (Phi) is 4.01. The molecule has 0 heterocycles. The van der Waals surface area contributed by atoms with Crippen LogP contribution < -0.4 is 5.73 Å². The predicted octanol–water partition coefficient (Wildman–Crippen LogP) is 2.72. The van der Waals surface area contributed by atoms with Gasteiger partial charge in [0, 0.05) is 17.1 Å². The molecule has 0 atom stereocenters. The zero-order chi connectivity index (χ0) is 10.6. The van der Waals surface area contributed by atoms with Crippen molar-refractivity contribution in [3.63, 3.8) is 0 Å². The van der Waals surface area contributed by atoms with Gasteiger partial charge in [-0.15, -0.1) is 11.8 Å². The maximum absolute atomic E-state index is 7.11. The number of rotatable bonds is 4. The fourth-order valence-corrected chi connectivity index (χ4v) is 2.22. The third-order valence-electron chi connectivity index (χ3n) is 1.96. The standard InChI is InChI=1S/C11H16N2S/c1-8-3-4-10(9(2)7-8)14-6-5-11(12)13/h3-4,7H,5-6H2,1-2H3,(H3,12,13). The lowest BCUT2D eigenvalue weighted by atomic mass is 10.2. The van der Waals surface area contributed by atoms with E-state index >= 15 is 0 Å². The van der Waals surface area contributed by atoms with Gasteiger partial charge in [-0.1, -0.05) is 17.7 Å². The van der Waals surface area contributed by atoms with E-state index in [4.69, 9.17) is 11.1 Å². The van der Waals surface area contributed by atoms with Crippen molar-refractivity contribution < 1.29 is 0 Å². The van der Waals surface area contributed by atoms with Crippen LogP contribution in [0, 0.1) is 19.3 Å². The highest BCUT2D eigenvalue weighted by Crippen LogP contribution is 2.23. The molecule has 0 aliphatic rings. The van der Waals surface area contributed by atoms with E-state index in [-0.39, 0.29) is 5.84 Å². The number of amidine groups is 1. The van der Waals surface area contributed by atoms with Crippen molar-refractivity contribution in [1.29, 1.82) is 5.41 Å². The van der Waals surface area contributed by atoms with E-state index < -0.39 is 0 Å². The molecule has 0 aliphatic heterocycles. The first kappa shape index (κ1) is 11.1. The highest BCUT2D eigenvalue weighted by Gasteiger charge is 1.99. The number of nitrogens with one attached hydrogen (secondary N) is 1. The Balaban J connectivity index is 2.55. The molecule has 0 unspecified atom stereocenters. The highest BCUT2D eigenvalue weighted by molar-refractivity contribution is 7.99. The van der Waals surface area contributed by atoms with Crippen molar-refractivity contribution in [2.24, 2.45) is 5.73 Å². The largest absolute Gasteiger partial charge is 0.388 e. The lowest BCUT2D eigenvalue weighted by molar-refractivity contribution is 1.21. The van der Waals surface area contributed by atoms with Crippen LogP contribution >= 0.6 is 11.8 Å². The van der Waals surface area contributed by atoms with Crippen LogP contribution in [0.5, 0.6) is 0 Å². The van der Waals surface area contributed by atoms with Crippen LogP contribution in [0.1, 0.15) is 17.5 Å². The van der Waals surface area contributed by atoms with E-state index in [9.17, 15) is 0 Å². The average molecular weight is 208 g/mol. The average Bonchev–Trinajstić information content (AvgIpc) is 2.08. The summed E-state index contributed by atoms with van der Waals surface area (Å²) in [6.45, 7) is 4.21. The van der Waals surface area contributed by atoms with Crippen molar-refractivity contribution in [1.82, 2.24) is 0 Å². The summed E-state index contributed by atoms with van der Waals surface area (Å²) in [6, 6.07) is 6.43. The first-order chi connectivity index (χ1) is 6.59. The fourth-order valence-electron chi connectivity index (χ4n) is 1.23. The van der Waals surface area contributed by atoms with Gasteiger partial charge in [0.15, 0.2) is 0 Å². The molecular weight excluding hydrogens is 192 g/mol. The number of hydrogen-bond acceptors (Lipinski definition) is 2. The van der Waals surface area contributed by atoms with Crippen molar-refractivity contribution in [2.75, 3.05) is 5.75 Å². The quantitative estimate of drug-likeness (QED) is 0.454. The SMILES string of the molecule is Cc1ccc(SCCC(=N)N)c(C)c1. The number of benzene rings is 1. The van der Waals surface area contributed by atoms with Crippen LogP contribution in [0.4, 0.5) is 0 Å². The minimum atomic E-state index is 0.266. The van der Waals surface area contributed by atoms with Crippen LogP contribution in [0.25, 0.3) is 0 Å². The van der Waals surface area contributed by atoms with E-state index in [1.54, 1.807) is 11.8 Å². The van der Waals surface area contributed by atoms with E-state index in [1.807, 2.05) is 0 Å². The molecule has 3 N–H and O–H groups in total. The molecule has 0 aliphatic carbocycles. The predicted molar refractivity (Wildman–Crippen MR) is 63.2 cm³/mol. The first-order valence-corrected chi connectivity index (χ1v) is 5.61. The van der Waals surface area contributed by atoms with Gasteiger partial charge in [-0.3, -0.25) is 5.41 Å². The number of hydrogen-bond donors (Lipinski definition) is 2. The molecule has 0 amide bonds. The molecule has 0 saturated carbocycles. The minimum absolute atomic E-state index is 0.266. The Hall–Kier alpha value is -0.960. The second-order valence-corrected chi connectivity index (χ2v) is 4.53. The van der Waals surface area contributed by atoms with Crippen molar-refractivity contribution >= 4 is 17.6 Å². The molecule has 1 rings (SSSR count). The molecule has 1 aromatic rings. The van der Waals surface area contributed by atoms with Gasteiger partial charge in [-0.2, -0.15) is 0 Å². The first-order valence-electron chi connectivity index (χ1n) is 4.62. The lowest BCUT2D eigenvalue weighted by Crippen LogP contribution is -2.09. The highest BCUT2D eigenvalue weighted by atomic mass is 32.2. The van der Waals surface area contributed by atoms with Crippen LogP contribution in [0.3, 0.4) is 0 Å². The summed E-state index contributed by atoms with van der Waals surface area (Å²) in [7, 11) is 0. The molecule has 76 valence electrons. The van der Waals surface area contributed by atoms with Crippen LogP contribution in [0.15, 0.2) is 23.1 Å². The van der Waals surface area contributed by atoms with Crippen LogP contribution in [-0.2, 0) is 0 Å². The van der Waals surface area contributed by atoms with Gasteiger partial charge in [0.1, 0.15) is 0 Å². The Morgan fingerprint density at radius 2 is 2.14 bits per heavy atom. The molecule has 0 radical (unpaired) electrons. The summed E-state index contributed by atoms with van der Waals surface area (Å²) in [5.74, 6) is 1.15. The summed E-state index contributed by atoms with van der Waals surface area (Å²) in [5.41, 5.74) is 7.88. The summed E-state index contributed by atoms with van der Waals surface area (Å²) in [6.07, 6.45) is 0.665. The summed E-state index contributed by atoms with van der Waals surface area (Å²) in [4.78, 5) is 1.29. The molecule has 0 bridgehead atoms. The van der Waals surface area contributed by atoms with Crippen LogP contribution in [-0.4, -0.2) is 11.6 Å². The number of nitrogens with two attached hydrogens (primary N) is 1. The van der Waals surface area contributed by atoms with E-state index in [0.29, 0.717) is 6.42 Å². The minimum Gasteiger partial charge on any atom is -0.388 e. The third-order valence-corrected chi connectivity index (χ3v) is 3.14. The maximum Gasteiger partial charge on any atom is 0.0913 e. The Morgan fingerprint density at radius 3 is 2.71 bits per heavy atom. The van der Waals surface area contributed by atoms with E-state index in [1.165, 1.54) is 16.0 Å². The Morgan fingerprint density at radius 1 is 1.43 bits per heavy atom. The van der Waals surface area contributed by atoms with Gasteiger partial charge < -0.3 is 5.73 Å². The molecular formula is C11H16N2S. The molecule has 0 saturated heterocycles. The normalized spacial score (nSPS) is 10.1. The van der Waals surface area contributed by atoms with Crippen molar-refractivity contribution in [3.8, 4) is 0 Å². The third kappa shape index (κ3) is 3.42. The molecule has 1 aromatic carbocycles. The topological polar surface area (TPSA) is 49.9 Å². The zero-order valence-corrected chi connectivity index (χ0v) is 9.45. The van der Waals surface area contributed by atoms with Gasteiger partial charge >= 0.3 is 0 Å². The maximum atomic E-state index is 7.11. The molecule has 0 aromatic heterocycles. The molecule has 2 nitrogen and oxygen atoms in total. The number of thioether (sulfide) groups is 1. The van der Waals surface area contributed by atoms with Gasteiger partial charge in [-0.25, -0.2) is 0 Å². The fraction of sp³-hybridized carbons (Fsp3) is 0.364. The van der Waals surface area contributed by atoms with E-state index in [2.05, 4.69) is 32.0 Å². The summed E-state index contributed by atoms with van der Waals surface area (Å²) in [5, 5.41) is 7.11. The Bertz CT molecular complexity index is 334. The second-order valence-electron chi connectivity index (χ2n) is 3.39. The smallest absolute Gasteiger partial charge is 0.0913 e. The monoisotopic (exact) mass is 208 g/mol. The molecule has 3 heteroatoms. The molecule has 14 heavy (non-hydrogen) atoms. The molecule has 0 spiro atoms. The number of aryl methyl sites for hydroxylation is 2. The lowest BCUT2D eigenvalue weighted by Gasteiger charge is -2.05.